The van der Waals surface area contributed by atoms with Gasteiger partial charge in [-0.25, -0.2) is 0 Å². The summed E-state index contributed by atoms with van der Waals surface area (Å²) in [7, 11) is 0. The summed E-state index contributed by atoms with van der Waals surface area (Å²) < 4.78 is -5.07. The molecule has 0 rings (SSSR count). The molecule has 0 atom stereocenters. The normalized spacial score (nSPS) is 9.30. The van der Waals surface area contributed by atoms with Crippen molar-refractivity contribution < 1.29 is 29.7 Å². The van der Waals surface area contributed by atoms with Crippen molar-refractivity contribution in [2.24, 2.45) is 0 Å². The van der Waals surface area contributed by atoms with Gasteiger partial charge in [-0.15, -0.1) is 0 Å². The maximum atomic E-state index is 9.90. The Labute approximate surface area is 62.0 Å². The van der Waals surface area contributed by atoms with Gasteiger partial charge >= 0.3 is 61.7 Å². The van der Waals surface area contributed by atoms with Crippen LogP contribution in [0.2, 0.25) is 0 Å². The van der Waals surface area contributed by atoms with E-state index < -0.39 is 32.0 Å². The van der Waals surface area contributed by atoms with E-state index in [1.54, 1.807) is 0 Å². The average Bonchev–Trinajstić information content (AvgIpc) is 1.59. The Kier molecular flexibility index (Phi) is 3.15. The summed E-state index contributed by atoms with van der Waals surface area (Å²) in [5, 5.41) is 24.1. The Bertz CT molecular complexity index is 152. The van der Waals surface area contributed by atoms with Crippen LogP contribution in [0.25, 0.3) is 0 Å². The van der Waals surface area contributed by atoms with Gasteiger partial charge in [0.2, 0.25) is 0 Å². The fraction of sp³-hybridized carbons (Fsp3) is 0. The van der Waals surface area contributed by atoms with Crippen molar-refractivity contribution in [3.05, 3.63) is 0 Å². The van der Waals surface area contributed by atoms with Crippen LogP contribution in [0.5, 0.6) is 0 Å². The molecule has 0 fully saturated rings. The molecule has 0 aromatic carbocycles. The van der Waals surface area contributed by atoms with Crippen molar-refractivity contribution in [2.45, 2.75) is 0 Å². The first-order valence-corrected chi connectivity index (χ1v) is 5.78. The van der Waals surface area contributed by atoms with Crippen molar-refractivity contribution in [2.75, 3.05) is 0 Å². The number of rotatable bonds is 3. The maximum absolute atomic E-state index is 9.90. The van der Waals surface area contributed by atoms with Crippen LogP contribution in [0.4, 0.5) is 14.4 Å². The topological polar surface area (TPSA) is 112 Å². The fourth-order valence-electron chi connectivity index (χ4n) is 0.245. The molecule has 0 aliphatic heterocycles. The summed E-state index contributed by atoms with van der Waals surface area (Å²) in [6.45, 7) is 0. The molecule has 0 amide bonds. The monoisotopic (exact) mass is 256 g/mol. The van der Waals surface area contributed by atoms with Crippen LogP contribution < -0.4 is 0 Å². The summed E-state index contributed by atoms with van der Waals surface area (Å²) in [6.07, 6.45) is 0. The Balaban J connectivity index is 4.43. The fourth-order valence-corrected chi connectivity index (χ4v) is 1.65. The minimum absolute atomic E-state index is 1.69. The molecule has 0 aliphatic rings. The number of hydrogen-bond donors (Lipinski definition) is 3. The number of carboxylic acid groups (broad SMARTS) is 3. The SMILES string of the molecule is O=[C](O)[Sb]([C](=O)O)[C](=O)O. The Morgan fingerprint density at radius 1 is 0.800 bits per heavy atom. The second-order valence-electron chi connectivity index (χ2n) is 1.18. The van der Waals surface area contributed by atoms with E-state index in [1.165, 1.54) is 0 Å². The molecule has 0 aliphatic carbocycles. The predicted molar refractivity (Wildman–Crippen MR) is 29.8 cm³/mol. The molecule has 3 N–H and O–H groups in total. The zero-order chi connectivity index (χ0) is 8.31. The third-order valence-corrected chi connectivity index (χ3v) is 3.85. The van der Waals surface area contributed by atoms with Gasteiger partial charge in [-0.2, -0.15) is 0 Å². The summed E-state index contributed by atoms with van der Waals surface area (Å²) >= 11 is -4.13. The number of hydrogen-bond acceptors (Lipinski definition) is 3. The molecule has 0 saturated carbocycles. The third kappa shape index (κ3) is 2.22. The quantitative estimate of drug-likeness (QED) is 0.625. The Morgan fingerprint density at radius 2 is 1.00 bits per heavy atom. The molecule has 0 aromatic rings. The average molecular weight is 257 g/mol. The molecule has 0 spiro atoms. The molecular weight excluding hydrogens is 254 g/mol. The van der Waals surface area contributed by atoms with Crippen LogP contribution in [-0.2, 0) is 0 Å². The van der Waals surface area contributed by atoms with E-state index in [0.717, 1.165) is 0 Å². The molecule has 7 heteroatoms. The number of carbonyl (C=O) groups is 3. The summed E-state index contributed by atoms with van der Waals surface area (Å²) in [5.74, 6) is 0. The van der Waals surface area contributed by atoms with Crippen molar-refractivity contribution in [1.29, 1.82) is 0 Å². The molecule has 6 nitrogen and oxygen atoms in total. The second kappa shape index (κ2) is 3.41. The van der Waals surface area contributed by atoms with E-state index in [2.05, 4.69) is 0 Å². The van der Waals surface area contributed by atoms with Gasteiger partial charge in [0.1, 0.15) is 0 Å². The van der Waals surface area contributed by atoms with Gasteiger partial charge in [0, 0.05) is 0 Å². The Hall–Kier alpha value is -0.772. The first-order chi connectivity index (χ1) is 4.46. The first-order valence-electron chi connectivity index (χ1n) is 1.95. The molecule has 0 radical (unpaired) electrons. The molecule has 0 bridgehead atoms. The first kappa shape index (κ1) is 9.23. The van der Waals surface area contributed by atoms with Gasteiger partial charge in [-0.05, 0) is 0 Å². The van der Waals surface area contributed by atoms with E-state index in [4.69, 9.17) is 15.3 Å². The van der Waals surface area contributed by atoms with E-state index in [1.807, 2.05) is 0 Å². The Morgan fingerprint density at radius 3 is 1.00 bits per heavy atom. The van der Waals surface area contributed by atoms with Crippen LogP contribution in [0.3, 0.4) is 0 Å². The van der Waals surface area contributed by atoms with Crippen LogP contribution >= 0.6 is 0 Å². The summed E-state index contributed by atoms with van der Waals surface area (Å²) in [4.78, 5) is 29.7. The van der Waals surface area contributed by atoms with E-state index >= 15 is 0 Å². The van der Waals surface area contributed by atoms with Gasteiger partial charge in [0.25, 0.3) is 0 Å². The zero-order valence-electron chi connectivity index (χ0n) is 4.51. The van der Waals surface area contributed by atoms with Gasteiger partial charge < -0.3 is 0 Å². The van der Waals surface area contributed by atoms with E-state index in [0.29, 0.717) is 0 Å². The van der Waals surface area contributed by atoms with E-state index in [9.17, 15) is 14.4 Å². The predicted octanol–water partition coefficient (Wildman–Crippen LogP) is 0.260. The van der Waals surface area contributed by atoms with Crippen molar-refractivity contribution in [3.8, 4) is 0 Å². The molecule has 56 valence electrons. The van der Waals surface area contributed by atoms with Gasteiger partial charge in [0.05, 0.1) is 0 Å². The zero-order valence-corrected chi connectivity index (χ0v) is 7.07. The minimum atomic E-state index is -4.13. The van der Waals surface area contributed by atoms with Gasteiger partial charge in [-0.3, -0.25) is 0 Å². The van der Waals surface area contributed by atoms with Crippen LogP contribution in [0.15, 0.2) is 0 Å². The summed E-state index contributed by atoms with van der Waals surface area (Å²) in [5.41, 5.74) is 0. The molecule has 0 saturated heterocycles. The van der Waals surface area contributed by atoms with Crippen molar-refractivity contribution in [3.63, 3.8) is 0 Å². The van der Waals surface area contributed by atoms with E-state index in [-0.39, 0.29) is 0 Å². The molecule has 0 aromatic heterocycles. The second-order valence-corrected chi connectivity index (χ2v) is 6.37. The van der Waals surface area contributed by atoms with Crippen molar-refractivity contribution in [1.82, 2.24) is 0 Å². The summed E-state index contributed by atoms with van der Waals surface area (Å²) in [6, 6.07) is 0. The van der Waals surface area contributed by atoms with Crippen LogP contribution in [-0.4, -0.2) is 47.3 Å². The molecule has 0 unspecified atom stereocenters. The van der Waals surface area contributed by atoms with Crippen LogP contribution in [0, 0.1) is 0 Å². The third-order valence-electron chi connectivity index (χ3n) is 0.574. The standard InChI is InChI=1S/3CHO2.Sb/c3*2-1-3;/h3*(H,2,3);. The van der Waals surface area contributed by atoms with Gasteiger partial charge in [-0.1, -0.05) is 0 Å². The molecular formula is C3H3O6Sb. The molecule has 10 heavy (non-hydrogen) atoms. The van der Waals surface area contributed by atoms with Crippen molar-refractivity contribution >= 4 is 32.0 Å². The molecule has 0 heterocycles. The van der Waals surface area contributed by atoms with Crippen LogP contribution in [0.1, 0.15) is 0 Å². The van der Waals surface area contributed by atoms with Gasteiger partial charge in [0.15, 0.2) is 0 Å².